The van der Waals surface area contributed by atoms with Crippen molar-refractivity contribution in [3.8, 4) is 0 Å². The van der Waals surface area contributed by atoms with E-state index in [-0.39, 0.29) is 0 Å². The average Bonchev–Trinajstić information content (AvgIpc) is 2.52. The third-order valence-corrected chi connectivity index (χ3v) is 3.34. The Morgan fingerprint density at radius 2 is 1.79 bits per heavy atom. The molecule has 2 atom stereocenters. The van der Waals surface area contributed by atoms with Crippen LogP contribution < -0.4 is 4.90 Å². The van der Waals surface area contributed by atoms with Crippen molar-refractivity contribution in [2.45, 2.75) is 39.8 Å². The van der Waals surface area contributed by atoms with Gasteiger partial charge in [-0.15, -0.1) is 0 Å². The van der Waals surface area contributed by atoms with E-state index in [4.69, 9.17) is 4.74 Å². The van der Waals surface area contributed by atoms with E-state index < -0.39 is 24.2 Å². The molecule has 0 saturated carbocycles. The molecule has 19 heavy (non-hydrogen) atoms. The summed E-state index contributed by atoms with van der Waals surface area (Å²) in [6.07, 6.45) is -1.26. The van der Waals surface area contributed by atoms with Crippen LogP contribution in [0.2, 0.25) is 0 Å². The molecule has 5 nitrogen and oxygen atoms in total. The second-order valence-electron chi connectivity index (χ2n) is 4.99. The van der Waals surface area contributed by atoms with Crippen LogP contribution in [0.5, 0.6) is 0 Å². The van der Waals surface area contributed by atoms with Crippen LogP contribution in [-0.2, 0) is 9.53 Å². The zero-order chi connectivity index (χ0) is 14.3. The second kappa shape index (κ2) is 4.57. The lowest BCUT2D eigenvalue weighted by atomic mass is 10.0. The number of carbonyl (C=O) groups is 2. The summed E-state index contributed by atoms with van der Waals surface area (Å²) < 4.78 is 5.05. The molecule has 0 bridgehead atoms. The summed E-state index contributed by atoms with van der Waals surface area (Å²) in [4.78, 5) is 24.5. The van der Waals surface area contributed by atoms with Crippen LogP contribution in [-0.4, -0.2) is 29.3 Å². The molecule has 1 heterocycles. The van der Waals surface area contributed by atoms with E-state index in [0.717, 1.165) is 16.7 Å². The van der Waals surface area contributed by atoms with Gasteiger partial charge in [0.25, 0.3) is 0 Å². The molecule has 1 aliphatic rings. The van der Waals surface area contributed by atoms with Crippen molar-refractivity contribution >= 4 is 17.7 Å². The fraction of sp³-hybridized carbons (Fsp3) is 0.429. The Labute approximate surface area is 111 Å². The Hall–Kier alpha value is -2.04. The Kier molecular flexibility index (Phi) is 3.22. The Morgan fingerprint density at radius 3 is 2.26 bits per heavy atom. The van der Waals surface area contributed by atoms with Gasteiger partial charge in [0.05, 0.1) is 5.69 Å². The van der Waals surface area contributed by atoms with Crippen LogP contribution in [0, 0.1) is 20.8 Å². The van der Waals surface area contributed by atoms with Gasteiger partial charge >= 0.3 is 12.1 Å². The average molecular weight is 263 g/mol. The fourth-order valence-corrected chi connectivity index (χ4v) is 2.70. The lowest BCUT2D eigenvalue weighted by molar-refractivity contribution is -0.139. The third kappa shape index (κ3) is 2.16. The minimum absolute atomic E-state index is 0.602. The van der Waals surface area contributed by atoms with Crippen LogP contribution in [0.3, 0.4) is 0 Å². The number of carbonyl (C=O) groups excluding carboxylic acids is 1. The first kappa shape index (κ1) is 13.4. The van der Waals surface area contributed by atoms with Gasteiger partial charge in [-0.3, -0.25) is 4.90 Å². The predicted molar refractivity (Wildman–Crippen MR) is 70.5 cm³/mol. The number of carboxylic acid groups (broad SMARTS) is 1. The lowest BCUT2D eigenvalue weighted by Crippen LogP contribution is -2.43. The minimum atomic E-state index is -1.06. The smallest absolute Gasteiger partial charge is 0.415 e. The Balaban J connectivity index is 2.56. The monoisotopic (exact) mass is 263 g/mol. The first-order valence-corrected chi connectivity index (χ1v) is 6.13. The lowest BCUT2D eigenvalue weighted by Gasteiger charge is -2.23. The SMILES string of the molecule is Cc1cc(C)c(N2C(=O)OC(C)C2C(=O)O)c(C)c1. The van der Waals surface area contributed by atoms with Crippen molar-refractivity contribution in [3.05, 3.63) is 28.8 Å². The largest absolute Gasteiger partial charge is 0.480 e. The molecule has 5 heteroatoms. The maximum Gasteiger partial charge on any atom is 0.415 e. The van der Waals surface area contributed by atoms with Crippen molar-refractivity contribution in [3.63, 3.8) is 0 Å². The number of nitrogens with zero attached hydrogens (tertiary/aromatic N) is 1. The summed E-state index contributed by atoms with van der Waals surface area (Å²) in [5.74, 6) is -1.06. The number of hydrogen-bond acceptors (Lipinski definition) is 3. The summed E-state index contributed by atoms with van der Waals surface area (Å²) in [6, 6.07) is 2.88. The predicted octanol–water partition coefficient (Wildman–Crippen LogP) is 2.41. The summed E-state index contributed by atoms with van der Waals surface area (Å²) in [7, 11) is 0. The Bertz CT molecular complexity index is 529. The molecular weight excluding hydrogens is 246 g/mol. The van der Waals surface area contributed by atoms with Gasteiger partial charge in [-0.1, -0.05) is 17.7 Å². The highest BCUT2D eigenvalue weighted by Gasteiger charge is 2.45. The molecule has 0 aliphatic carbocycles. The van der Waals surface area contributed by atoms with E-state index in [9.17, 15) is 14.7 Å². The Morgan fingerprint density at radius 1 is 1.26 bits per heavy atom. The van der Waals surface area contributed by atoms with Gasteiger partial charge in [-0.05, 0) is 38.8 Å². The molecule has 102 valence electrons. The molecule has 1 aromatic carbocycles. The molecule has 1 fully saturated rings. The minimum Gasteiger partial charge on any atom is -0.480 e. The number of carboxylic acids is 1. The van der Waals surface area contributed by atoms with Gasteiger partial charge in [0, 0.05) is 0 Å². The standard InChI is InChI=1S/C14H17NO4/c1-7-5-8(2)11(9(3)6-7)15-12(13(16)17)10(4)19-14(15)18/h5-6,10,12H,1-4H3,(H,16,17). The van der Waals surface area contributed by atoms with Crippen molar-refractivity contribution in [1.82, 2.24) is 0 Å². The summed E-state index contributed by atoms with van der Waals surface area (Å²) >= 11 is 0. The molecule has 2 rings (SSSR count). The third-order valence-electron chi connectivity index (χ3n) is 3.34. The van der Waals surface area contributed by atoms with Crippen molar-refractivity contribution in [2.24, 2.45) is 0 Å². The second-order valence-corrected chi connectivity index (χ2v) is 4.99. The zero-order valence-corrected chi connectivity index (χ0v) is 11.4. The summed E-state index contributed by atoms with van der Waals surface area (Å²) in [6.45, 7) is 7.29. The van der Waals surface area contributed by atoms with E-state index >= 15 is 0 Å². The summed E-state index contributed by atoms with van der Waals surface area (Å²) in [5, 5.41) is 9.30. The molecule has 1 aliphatic heterocycles. The van der Waals surface area contributed by atoms with Crippen LogP contribution in [0.1, 0.15) is 23.6 Å². The number of aliphatic carboxylic acids is 1. The molecule has 1 aromatic rings. The molecular formula is C14H17NO4. The van der Waals surface area contributed by atoms with Gasteiger partial charge in [-0.25, -0.2) is 9.59 Å². The number of hydrogen-bond donors (Lipinski definition) is 1. The number of rotatable bonds is 2. The fourth-order valence-electron chi connectivity index (χ4n) is 2.70. The molecule has 2 unspecified atom stereocenters. The molecule has 1 N–H and O–H groups in total. The molecule has 0 radical (unpaired) electrons. The number of ether oxygens (including phenoxy) is 1. The summed E-state index contributed by atoms with van der Waals surface area (Å²) in [5.41, 5.74) is 3.45. The van der Waals surface area contributed by atoms with E-state index in [0.29, 0.717) is 5.69 Å². The van der Waals surface area contributed by atoms with E-state index in [2.05, 4.69) is 0 Å². The first-order valence-electron chi connectivity index (χ1n) is 6.13. The number of aryl methyl sites for hydroxylation is 3. The normalized spacial score (nSPS) is 22.5. The maximum absolute atomic E-state index is 11.9. The van der Waals surface area contributed by atoms with Crippen LogP contribution in [0.25, 0.3) is 0 Å². The number of benzene rings is 1. The highest BCUT2D eigenvalue weighted by atomic mass is 16.6. The highest BCUT2D eigenvalue weighted by molar-refractivity contribution is 5.99. The molecule has 1 saturated heterocycles. The quantitative estimate of drug-likeness (QED) is 0.889. The van der Waals surface area contributed by atoms with Crippen molar-refractivity contribution < 1.29 is 19.4 Å². The zero-order valence-electron chi connectivity index (χ0n) is 11.4. The molecule has 0 spiro atoms. The van der Waals surface area contributed by atoms with Gasteiger partial charge in [0.15, 0.2) is 6.04 Å². The topological polar surface area (TPSA) is 66.8 Å². The van der Waals surface area contributed by atoms with Crippen LogP contribution in [0.4, 0.5) is 10.5 Å². The first-order chi connectivity index (χ1) is 8.82. The number of amides is 1. The van der Waals surface area contributed by atoms with E-state index in [1.165, 1.54) is 4.90 Å². The number of cyclic esters (lactones) is 1. The number of anilines is 1. The van der Waals surface area contributed by atoms with Gasteiger partial charge in [-0.2, -0.15) is 0 Å². The van der Waals surface area contributed by atoms with Crippen molar-refractivity contribution in [2.75, 3.05) is 4.90 Å². The van der Waals surface area contributed by atoms with E-state index in [1.807, 2.05) is 32.9 Å². The maximum atomic E-state index is 11.9. The van der Waals surface area contributed by atoms with Crippen LogP contribution >= 0.6 is 0 Å². The van der Waals surface area contributed by atoms with E-state index in [1.54, 1.807) is 6.92 Å². The van der Waals surface area contributed by atoms with Crippen LogP contribution in [0.15, 0.2) is 12.1 Å². The van der Waals surface area contributed by atoms with Crippen molar-refractivity contribution in [1.29, 1.82) is 0 Å². The van der Waals surface area contributed by atoms with Gasteiger partial charge in [0.2, 0.25) is 0 Å². The highest BCUT2D eigenvalue weighted by Crippen LogP contribution is 2.33. The molecule has 1 amide bonds. The van der Waals surface area contributed by atoms with Gasteiger partial charge < -0.3 is 9.84 Å². The molecule has 0 aromatic heterocycles. The van der Waals surface area contributed by atoms with Gasteiger partial charge in [0.1, 0.15) is 6.10 Å².